The van der Waals surface area contributed by atoms with E-state index in [4.69, 9.17) is 11.6 Å². The largest absolute Gasteiger partial charge is 0.275 e. The smallest absolute Gasteiger partial charge is 0.258 e. The number of carbonyl (C=O) groups excluding carboxylic acids is 1. The highest BCUT2D eigenvalue weighted by Crippen LogP contribution is 2.20. The van der Waals surface area contributed by atoms with Crippen molar-refractivity contribution in [2.45, 2.75) is 13.8 Å². The molecule has 0 radical (unpaired) electrons. The maximum atomic E-state index is 13.0. The van der Waals surface area contributed by atoms with Crippen molar-refractivity contribution in [3.63, 3.8) is 0 Å². The van der Waals surface area contributed by atoms with Crippen LogP contribution >= 0.6 is 20.8 Å². The molecule has 0 N–H and O–H groups in total. The van der Waals surface area contributed by atoms with Gasteiger partial charge in [0.1, 0.15) is 11.4 Å². The Morgan fingerprint density at radius 2 is 1.44 bits per heavy atom. The molecule has 0 saturated heterocycles. The van der Waals surface area contributed by atoms with Crippen molar-refractivity contribution in [2.75, 3.05) is 0 Å². The first-order valence-electron chi connectivity index (χ1n) is 4.19. The van der Waals surface area contributed by atoms with Crippen molar-refractivity contribution in [1.82, 2.24) is 0 Å². The molecule has 0 spiro atoms. The first-order valence-corrected chi connectivity index (χ1v) is 5.14. The summed E-state index contributed by atoms with van der Waals surface area (Å²) in [5, 5.41) is -2.39. The summed E-state index contributed by atoms with van der Waals surface area (Å²) in [6.07, 6.45) is 0. The Balaban J connectivity index is 0.00000106. The van der Waals surface area contributed by atoms with Crippen LogP contribution in [-0.2, 0) is 0 Å². The maximum Gasteiger partial charge on any atom is 0.258 e. The number of rotatable bonds is 1. The molecule has 16 heavy (non-hydrogen) atoms. The molecule has 7 heteroatoms. The van der Waals surface area contributed by atoms with Crippen LogP contribution in [0.5, 0.6) is 0 Å². The minimum atomic E-state index is -1.93. The molecule has 1 nitrogen and oxygen atoms in total. The molecule has 90 valence electrons. The van der Waals surface area contributed by atoms with Crippen LogP contribution in [0, 0.1) is 23.3 Å². The topological polar surface area (TPSA) is 17.1 Å². The first-order chi connectivity index (χ1) is 7.37. The van der Waals surface area contributed by atoms with Gasteiger partial charge < -0.3 is 0 Å². The van der Waals surface area contributed by atoms with E-state index in [-0.39, 0.29) is 0 Å². The van der Waals surface area contributed by atoms with Crippen LogP contribution in [0.25, 0.3) is 0 Å². The summed E-state index contributed by atoms with van der Waals surface area (Å²) in [6, 6.07) is 0. The molecule has 1 aromatic carbocycles. The average Bonchev–Trinajstić information content (AvgIpc) is 2.26. The van der Waals surface area contributed by atoms with Gasteiger partial charge in [0.15, 0.2) is 17.5 Å². The highest BCUT2D eigenvalue weighted by Gasteiger charge is 2.26. The van der Waals surface area contributed by atoms with Gasteiger partial charge >= 0.3 is 0 Å². The van der Waals surface area contributed by atoms with Crippen molar-refractivity contribution >= 4 is 31.4 Å². The zero-order valence-corrected chi connectivity index (χ0v) is 10.3. The summed E-state index contributed by atoms with van der Waals surface area (Å²) < 4.78 is 51.1. The molecular formula is C9H8ClF4OP. The molecule has 0 aliphatic heterocycles. The molecule has 1 unspecified atom stereocenters. The van der Waals surface area contributed by atoms with Crippen LogP contribution < -0.4 is 5.30 Å². The van der Waals surface area contributed by atoms with E-state index in [1.807, 2.05) is 13.8 Å². The molecule has 0 saturated carbocycles. The lowest BCUT2D eigenvalue weighted by atomic mass is 10.2. The van der Waals surface area contributed by atoms with Crippen LogP contribution in [0.4, 0.5) is 17.6 Å². The minimum Gasteiger partial charge on any atom is -0.275 e. The molecule has 0 amide bonds. The monoisotopic (exact) mass is 274 g/mol. The molecule has 1 atom stereocenters. The van der Waals surface area contributed by atoms with E-state index in [9.17, 15) is 22.4 Å². The summed E-state index contributed by atoms with van der Waals surface area (Å²) in [4.78, 5) is 10.5. The van der Waals surface area contributed by atoms with Crippen LogP contribution in [0.1, 0.15) is 24.2 Å². The van der Waals surface area contributed by atoms with E-state index in [0.717, 1.165) is 0 Å². The number of benzene rings is 1. The zero-order valence-electron chi connectivity index (χ0n) is 8.38. The Morgan fingerprint density at radius 3 is 1.81 bits per heavy atom. The summed E-state index contributed by atoms with van der Waals surface area (Å²) in [5.41, 5.74) is -1.30. The van der Waals surface area contributed by atoms with Crippen molar-refractivity contribution in [1.29, 1.82) is 0 Å². The van der Waals surface area contributed by atoms with Gasteiger partial charge in [0.2, 0.25) is 0 Å². The lowest BCUT2D eigenvalue weighted by Crippen LogP contribution is -2.16. The van der Waals surface area contributed by atoms with Gasteiger partial charge in [0.05, 0.1) is 0 Å². The summed E-state index contributed by atoms with van der Waals surface area (Å²) >= 11 is 4.79. The Hall–Kier alpha value is -0.670. The molecule has 0 aliphatic carbocycles. The molecule has 0 heterocycles. The lowest BCUT2D eigenvalue weighted by Gasteiger charge is -2.05. The fourth-order valence-corrected chi connectivity index (χ4v) is 1.26. The average molecular weight is 275 g/mol. The van der Waals surface area contributed by atoms with Gasteiger partial charge in [-0.3, -0.25) is 4.79 Å². The highest BCUT2D eigenvalue weighted by atomic mass is 35.5. The molecule has 0 bridgehead atoms. The maximum absolute atomic E-state index is 13.0. The van der Waals surface area contributed by atoms with E-state index >= 15 is 0 Å². The van der Waals surface area contributed by atoms with E-state index in [1.54, 1.807) is 0 Å². The van der Waals surface area contributed by atoms with Crippen molar-refractivity contribution in [2.24, 2.45) is 0 Å². The summed E-state index contributed by atoms with van der Waals surface area (Å²) in [7, 11) is 1.51. The Labute approximate surface area is 97.0 Å². The van der Waals surface area contributed by atoms with Gasteiger partial charge in [0, 0.05) is 5.30 Å². The number of hydrogen-bond donors (Lipinski definition) is 0. The van der Waals surface area contributed by atoms with Crippen LogP contribution in [0.3, 0.4) is 0 Å². The van der Waals surface area contributed by atoms with E-state index in [0.29, 0.717) is 0 Å². The number of carbonyl (C=O) groups is 1. The predicted octanol–water partition coefficient (Wildman–Crippen LogP) is 3.15. The second-order valence-electron chi connectivity index (χ2n) is 2.32. The van der Waals surface area contributed by atoms with Crippen LogP contribution in [-0.4, -0.2) is 5.24 Å². The van der Waals surface area contributed by atoms with E-state index in [1.165, 1.54) is 9.24 Å². The van der Waals surface area contributed by atoms with Crippen molar-refractivity contribution in [3.05, 3.63) is 28.8 Å². The summed E-state index contributed by atoms with van der Waals surface area (Å²) in [5.74, 6) is -7.08. The summed E-state index contributed by atoms with van der Waals surface area (Å²) in [6.45, 7) is 4.00. The Bertz CT molecular complexity index is 393. The van der Waals surface area contributed by atoms with Gasteiger partial charge in [-0.1, -0.05) is 23.1 Å². The van der Waals surface area contributed by atoms with Gasteiger partial charge in [-0.25, -0.2) is 17.6 Å². The van der Waals surface area contributed by atoms with Crippen LogP contribution in [0.15, 0.2) is 0 Å². The third-order valence-corrected chi connectivity index (χ3v) is 2.19. The van der Waals surface area contributed by atoms with Gasteiger partial charge in [-0.05, 0) is 11.6 Å². The minimum absolute atomic E-state index is 0.868. The predicted molar refractivity (Wildman–Crippen MR) is 57.1 cm³/mol. The second kappa shape index (κ2) is 6.16. The van der Waals surface area contributed by atoms with Crippen molar-refractivity contribution in [3.8, 4) is 0 Å². The SMILES string of the molecule is CC.O=C(Cl)c1c(F)c(F)c(F)c(P)c1F. The quantitative estimate of drug-likeness (QED) is 0.253. The second-order valence-corrected chi connectivity index (χ2v) is 3.24. The molecule has 1 aromatic rings. The standard InChI is InChI=1S/C7H2ClF4OP.C2H6/c8-7(13)1-2(9)4(11)5(12)6(14)3(1)10;1-2/h14H2;1-2H3. The highest BCUT2D eigenvalue weighted by molar-refractivity contribution is 7.27. The van der Waals surface area contributed by atoms with Gasteiger partial charge in [0.25, 0.3) is 5.24 Å². The fourth-order valence-electron chi connectivity index (χ4n) is 0.824. The number of halogens is 5. The first kappa shape index (κ1) is 15.3. The Kier molecular flexibility index (Phi) is 5.90. The third-order valence-electron chi connectivity index (χ3n) is 1.49. The lowest BCUT2D eigenvalue weighted by molar-refractivity contribution is 0.107. The fraction of sp³-hybridized carbons (Fsp3) is 0.222. The molecular weight excluding hydrogens is 267 g/mol. The van der Waals surface area contributed by atoms with Crippen molar-refractivity contribution < 1.29 is 22.4 Å². The molecule has 0 fully saturated rings. The van der Waals surface area contributed by atoms with Crippen LogP contribution in [0.2, 0.25) is 0 Å². The number of hydrogen-bond acceptors (Lipinski definition) is 1. The zero-order chi connectivity index (χ0) is 13.0. The normalized spacial score (nSPS) is 9.50. The third kappa shape index (κ3) is 2.71. The Morgan fingerprint density at radius 1 is 1.00 bits per heavy atom. The molecule has 0 aliphatic rings. The van der Waals surface area contributed by atoms with E-state index in [2.05, 4.69) is 0 Å². The van der Waals surface area contributed by atoms with Gasteiger partial charge in [-0.2, -0.15) is 0 Å². The molecule has 0 aromatic heterocycles. The molecule has 1 rings (SSSR count). The van der Waals surface area contributed by atoms with Gasteiger partial charge in [-0.15, -0.1) is 0 Å². The van der Waals surface area contributed by atoms with E-state index < -0.39 is 39.4 Å².